The Labute approximate surface area is 102 Å². The Morgan fingerprint density at radius 3 is 2.76 bits per heavy atom. The molecular weight excluding hydrogens is 220 g/mol. The first-order chi connectivity index (χ1) is 8.01. The van der Waals surface area contributed by atoms with Crippen LogP contribution in [0.5, 0.6) is 0 Å². The predicted molar refractivity (Wildman–Crippen MR) is 64.5 cm³/mol. The third-order valence-corrected chi connectivity index (χ3v) is 3.27. The average Bonchev–Trinajstić information content (AvgIpc) is 2.69. The standard InChI is InChI=1S/C12H22N2O3/c1-4-17-10(15)5-7-14-8-6-12(2,9-14)11(16)13-3/h4-9H2,1-3H3,(H,13,16). The first-order valence-electron chi connectivity index (χ1n) is 6.12. The summed E-state index contributed by atoms with van der Waals surface area (Å²) >= 11 is 0. The second-order valence-electron chi connectivity index (χ2n) is 4.72. The highest BCUT2D eigenvalue weighted by atomic mass is 16.5. The highest BCUT2D eigenvalue weighted by Gasteiger charge is 2.39. The highest BCUT2D eigenvalue weighted by Crippen LogP contribution is 2.29. The number of nitrogens with zero attached hydrogens (tertiary/aromatic N) is 1. The molecule has 0 radical (unpaired) electrons. The second-order valence-corrected chi connectivity index (χ2v) is 4.72. The lowest BCUT2D eigenvalue weighted by Gasteiger charge is -2.22. The van der Waals surface area contributed by atoms with Gasteiger partial charge in [-0.3, -0.25) is 9.59 Å². The molecule has 1 rings (SSSR count). The minimum atomic E-state index is -0.316. The van der Waals surface area contributed by atoms with Crippen LogP contribution < -0.4 is 5.32 Å². The molecule has 0 aliphatic carbocycles. The average molecular weight is 242 g/mol. The number of hydrogen-bond donors (Lipinski definition) is 1. The largest absolute Gasteiger partial charge is 0.466 e. The first kappa shape index (κ1) is 14.0. The van der Waals surface area contributed by atoms with Crippen molar-refractivity contribution in [2.24, 2.45) is 5.41 Å². The van der Waals surface area contributed by atoms with E-state index in [1.54, 1.807) is 14.0 Å². The molecular formula is C12H22N2O3. The van der Waals surface area contributed by atoms with E-state index in [0.29, 0.717) is 26.1 Å². The van der Waals surface area contributed by atoms with Crippen LogP contribution >= 0.6 is 0 Å². The van der Waals surface area contributed by atoms with Crippen LogP contribution in [0.25, 0.3) is 0 Å². The Hall–Kier alpha value is -1.10. The molecule has 5 heteroatoms. The van der Waals surface area contributed by atoms with Crippen LogP contribution in [-0.4, -0.2) is 50.1 Å². The van der Waals surface area contributed by atoms with E-state index in [4.69, 9.17) is 4.74 Å². The molecule has 0 aromatic carbocycles. The van der Waals surface area contributed by atoms with Crippen LogP contribution in [0.2, 0.25) is 0 Å². The van der Waals surface area contributed by atoms with Gasteiger partial charge in [0.25, 0.3) is 0 Å². The molecule has 0 bridgehead atoms. The zero-order valence-corrected chi connectivity index (χ0v) is 10.9. The SMILES string of the molecule is CCOC(=O)CCN1CCC(C)(C(=O)NC)C1. The van der Waals surface area contributed by atoms with E-state index < -0.39 is 0 Å². The van der Waals surface area contributed by atoms with Crippen LogP contribution in [-0.2, 0) is 14.3 Å². The van der Waals surface area contributed by atoms with Gasteiger partial charge in [-0.2, -0.15) is 0 Å². The summed E-state index contributed by atoms with van der Waals surface area (Å²) in [7, 11) is 1.66. The van der Waals surface area contributed by atoms with Crippen molar-refractivity contribution in [2.45, 2.75) is 26.7 Å². The van der Waals surface area contributed by atoms with Gasteiger partial charge in [-0.25, -0.2) is 0 Å². The van der Waals surface area contributed by atoms with Crippen LogP contribution in [0.1, 0.15) is 26.7 Å². The van der Waals surface area contributed by atoms with Crippen molar-refractivity contribution in [3.05, 3.63) is 0 Å². The zero-order chi connectivity index (χ0) is 12.9. The molecule has 5 nitrogen and oxygen atoms in total. The molecule has 0 aromatic heterocycles. The van der Waals surface area contributed by atoms with Gasteiger partial charge < -0.3 is 15.0 Å². The number of likely N-dealkylation sites (tertiary alicyclic amines) is 1. The number of esters is 1. The van der Waals surface area contributed by atoms with Gasteiger partial charge >= 0.3 is 5.97 Å². The third kappa shape index (κ3) is 3.70. The van der Waals surface area contributed by atoms with Crippen molar-refractivity contribution in [3.63, 3.8) is 0 Å². The van der Waals surface area contributed by atoms with E-state index in [-0.39, 0.29) is 17.3 Å². The van der Waals surface area contributed by atoms with Gasteiger partial charge in [-0.05, 0) is 26.8 Å². The fourth-order valence-corrected chi connectivity index (χ4v) is 2.22. The van der Waals surface area contributed by atoms with Gasteiger partial charge in [0, 0.05) is 20.1 Å². The van der Waals surface area contributed by atoms with Crippen molar-refractivity contribution >= 4 is 11.9 Å². The number of nitrogens with one attached hydrogen (secondary N) is 1. The lowest BCUT2D eigenvalue weighted by atomic mass is 9.89. The molecule has 1 aliphatic heterocycles. The Morgan fingerprint density at radius 1 is 1.47 bits per heavy atom. The summed E-state index contributed by atoms with van der Waals surface area (Å²) in [5.41, 5.74) is -0.316. The maximum Gasteiger partial charge on any atom is 0.307 e. The molecule has 1 amide bonds. The third-order valence-electron chi connectivity index (χ3n) is 3.27. The molecule has 0 aromatic rings. The predicted octanol–water partition coefficient (Wildman–Crippen LogP) is 0.398. The summed E-state index contributed by atoms with van der Waals surface area (Å²) in [6.07, 6.45) is 1.24. The smallest absolute Gasteiger partial charge is 0.307 e. The topological polar surface area (TPSA) is 58.6 Å². The van der Waals surface area contributed by atoms with Gasteiger partial charge in [0.05, 0.1) is 18.4 Å². The van der Waals surface area contributed by atoms with Crippen LogP contribution in [0.4, 0.5) is 0 Å². The van der Waals surface area contributed by atoms with Crippen molar-refractivity contribution in [1.82, 2.24) is 10.2 Å². The van der Waals surface area contributed by atoms with Gasteiger partial charge in [0.1, 0.15) is 0 Å². The molecule has 1 aliphatic rings. The molecule has 1 unspecified atom stereocenters. The molecule has 17 heavy (non-hydrogen) atoms. The highest BCUT2D eigenvalue weighted by molar-refractivity contribution is 5.82. The number of amides is 1. The van der Waals surface area contributed by atoms with Crippen LogP contribution in [0, 0.1) is 5.41 Å². The summed E-state index contributed by atoms with van der Waals surface area (Å²) in [6, 6.07) is 0. The zero-order valence-electron chi connectivity index (χ0n) is 10.9. The normalized spacial score (nSPS) is 24.6. The van der Waals surface area contributed by atoms with Crippen LogP contribution in [0.15, 0.2) is 0 Å². The van der Waals surface area contributed by atoms with Crippen molar-refractivity contribution in [1.29, 1.82) is 0 Å². The van der Waals surface area contributed by atoms with E-state index >= 15 is 0 Å². The molecule has 1 saturated heterocycles. The molecule has 98 valence electrons. The number of carbonyl (C=O) groups is 2. The molecule has 1 atom stereocenters. The Bertz CT molecular complexity index is 293. The van der Waals surface area contributed by atoms with E-state index in [0.717, 1.165) is 13.0 Å². The lowest BCUT2D eigenvalue weighted by molar-refractivity contribution is -0.143. The Morgan fingerprint density at radius 2 is 2.18 bits per heavy atom. The van der Waals surface area contributed by atoms with E-state index in [9.17, 15) is 9.59 Å². The summed E-state index contributed by atoms with van der Waals surface area (Å²) in [5.74, 6) is -0.0859. The van der Waals surface area contributed by atoms with Gasteiger partial charge in [-0.1, -0.05) is 0 Å². The number of carbonyl (C=O) groups excluding carboxylic acids is 2. The Kier molecular flexibility index (Phi) is 4.93. The minimum absolute atomic E-state index is 0.0798. The first-order valence-corrected chi connectivity index (χ1v) is 6.12. The number of rotatable bonds is 5. The van der Waals surface area contributed by atoms with Crippen molar-refractivity contribution in [3.8, 4) is 0 Å². The Balaban J connectivity index is 2.35. The molecule has 1 N–H and O–H groups in total. The van der Waals surface area contributed by atoms with E-state index in [1.165, 1.54) is 0 Å². The summed E-state index contributed by atoms with van der Waals surface area (Å²) in [6.45, 7) is 6.45. The maximum atomic E-state index is 11.7. The van der Waals surface area contributed by atoms with E-state index in [1.807, 2.05) is 6.92 Å². The second kappa shape index (κ2) is 6.00. The van der Waals surface area contributed by atoms with Crippen LogP contribution in [0.3, 0.4) is 0 Å². The van der Waals surface area contributed by atoms with Gasteiger partial charge in [0.2, 0.25) is 5.91 Å². The number of ether oxygens (including phenoxy) is 1. The molecule has 1 fully saturated rings. The fraction of sp³-hybridized carbons (Fsp3) is 0.833. The monoisotopic (exact) mass is 242 g/mol. The summed E-state index contributed by atoms with van der Waals surface area (Å²) in [4.78, 5) is 25.1. The minimum Gasteiger partial charge on any atom is -0.466 e. The lowest BCUT2D eigenvalue weighted by Crippen LogP contribution is -2.39. The molecule has 0 spiro atoms. The van der Waals surface area contributed by atoms with Gasteiger partial charge in [0.15, 0.2) is 0 Å². The van der Waals surface area contributed by atoms with Gasteiger partial charge in [-0.15, -0.1) is 0 Å². The van der Waals surface area contributed by atoms with Crippen molar-refractivity contribution in [2.75, 3.05) is 33.3 Å². The van der Waals surface area contributed by atoms with E-state index in [2.05, 4.69) is 10.2 Å². The number of hydrogen-bond acceptors (Lipinski definition) is 4. The molecule has 0 saturated carbocycles. The van der Waals surface area contributed by atoms with Crippen molar-refractivity contribution < 1.29 is 14.3 Å². The fourth-order valence-electron chi connectivity index (χ4n) is 2.22. The molecule has 1 heterocycles. The quantitative estimate of drug-likeness (QED) is 0.709. The summed E-state index contributed by atoms with van der Waals surface area (Å²) < 4.78 is 4.88. The maximum absolute atomic E-state index is 11.7. The summed E-state index contributed by atoms with van der Waals surface area (Å²) in [5, 5.41) is 2.70.